The SMILES string of the molecule is Cn1cc(-c2cccc([C@@H]3CN(S(=O)(=O)N4CCOCC4)CCO3)n2)cn1. The summed E-state index contributed by atoms with van der Waals surface area (Å²) < 4.78 is 41.6. The summed E-state index contributed by atoms with van der Waals surface area (Å²) in [4.78, 5) is 4.68. The number of morpholine rings is 2. The van der Waals surface area contributed by atoms with Crippen LogP contribution in [0.4, 0.5) is 0 Å². The maximum Gasteiger partial charge on any atom is 0.282 e. The van der Waals surface area contributed by atoms with Crippen molar-refractivity contribution in [3.05, 3.63) is 36.3 Å². The van der Waals surface area contributed by atoms with Crippen LogP contribution in [0, 0.1) is 0 Å². The topological polar surface area (TPSA) is 89.8 Å². The highest BCUT2D eigenvalue weighted by molar-refractivity contribution is 7.86. The van der Waals surface area contributed by atoms with E-state index in [0.29, 0.717) is 39.5 Å². The summed E-state index contributed by atoms with van der Waals surface area (Å²) in [5.41, 5.74) is 2.42. The van der Waals surface area contributed by atoms with Gasteiger partial charge in [-0.1, -0.05) is 6.07 Å². The molecule has 0 unspecified atom stereocenters. The van der Waals surface area contributed by atoms with Crippen LogP contribution in [-0.4, -0.2) is 77.8 Å². The van der Waals surface area contributed by atoms with Crippen LogP contribution in [0.25, 0.3) is 11.3 Å². The van der Waals surface area contributed by atoms with Crippen LogP contribution in [0.5, 0.6) is 0 Å². The van der Waals surface area contributed by atoms with Gasteiger partial charge in [-0.2, -0.15) is 22.1 Å². The van der Waals surface area contributed by atoms with Gasteiger partial charge in [0.1, 0.15) is 6.10 Å². The van der Waals surface area contributed by atoms with Gasteiger partial charge in [0.25, 0.3) is 10.2 Å². The molecule has 2 aromatic heterocycles. The van der Waals surface area contributed by atoms with E-state index < -0.39 is 16.3 Å². The van der Waals surface area contributed by atoms with Crippen LogP contribution in [0.3, 0.4) is 0 Å². The molecule has 10 heteroatoms. The Hall–Kier alpha value is -1.85. The predicted octanol–water partition coefficient (Wildman–Crippen LogP) is 0.432. The highest BCUT2D eigenvalue weighted by Gasteiger charge is 2.35. The number of rotatable bonds is 4. The fraction of sp³-hybridized carbons (Fsp3) is 0.529. The number of nitrogens with zero attached hydrogens (tertiary/aromatic N) is 5. The highest BCUT2D eigenvalue weighted by Crippen LogP contribution is 2.26. The summed E-state index contributed by atoms with van der Waals surface area (Å²) in [5.74, 6) is 0. The first-order chi connectivity index (χ1) is 13.0. The number of hydrogen-bond acceptors (Lipinski definition) is 6. The van der Waals surface area contributed by atoms with Gasteiger partial charge in [-0.05, 0) is 12.1 Å². The summed E-state index contributed by atoms with van der Waals surface area (Å²) in [6.45, 7) is 2.58. The minimum absolute atomic E-state index is 0.253. The lowest BCUT2D eigenvalue weighted by Gasteiger charge is -2.36. The summed E-state index contributed by atoms with van der Waals surface area (Å²) in [5, 5.41) is 4.17. The van der Waals surface area contributed by atoms with Gasteiger partial charge in [0.05, 0.1) is 37.4 Å². The van der Waals surface area contributed by atoms with Crippen molar-refractivity contribution < 1.29 is 17.9 Å². The van der Waals surface area contributed by atoms with Crippen LogP contribution in [0.2, 0.25) is 0 Å². The average molecular weight is 393 g/mol. The van der Waals surface area contributed by atoms with E-state index in [1.54, 1.807) is 10.9 Å². The van der Waals surface area contributed by atoms with Gasteiger partial charge in [0.15, 0.2) is 0 Å². The van der Waals surface area contributed by atoms with Crippen molar-refractivity contribution >= 4 is 10.2 Å². The molecule has 2 fully saturated rings. The molecule has 0 radical (unpaired) electrons. The maximum atomic E-state index is 12.9. The number of aryl methyl sites for hydroxylation is 1. The Morgan fingerprint density at radius 3 is 2.63 bits per heavy atom. The molecule has 0 bridgehead atoms. The van der Waals surface area contributed by atoms with E-state index in [1.165, 1.54) is 8.61 Å². The predicted molar refractivity (Wildman–Crippen MR) is 98.0 cm³/mol. The zero-order valence-electron chi connectivity index (χ0n) is 15.2. The van der Waals surface area contributed by atoms with E-state index in [2.05, 4.69) is 10.1 Å². The van der Waals surface area contributed by atoms with E-state index >= 15 is 0 Å². The van der Waals surface area contributed by atoms with E-state index in [9.17, 15) is 8.42 Å². The molecule has 27 heavy (non-hydrogen) atoms. The van der Waals surface area contributed by atoms with Crippen LogP contribution >= 0.6 is 0 Å². The van der Waals surface area contributed by atoms with E-state index in [0.717, 1.165) is 17.0 Å². The second kappa shape index (κ2) is 7.64. The Morgan fingerprint density at radius 1 is 1.11 bits per heavy atom. The molecule has 0 aromatic carbocycles. The molecule has 2 aliphatic heterocycles. The van der Waals surface area contributed by atoms with Crippen molar-refractivity contribution in [1.29, 1.82) is 0 Å². The molecule has 9 nitrogen and oxygen atoms in total. The standard InChI is InChI=1S/C17H23N5O4S/c1-20-12-14(11-18-20)15-3-2-4-16(19-15)17-13-22(7-10-26-17)27(23,24)21-5-8-25-9-6-21/h2-4,11-12,17H,5-10,13H2,1H3/t17-/m0/s1. The molecule has 4 rings (SSSR count). The molecule has 0 spiro atoms. The largest absolute Gasteiger partial charge is 0.379 e. The normalized spacial score (nSPS) is 22.8. The van der Waals surface area contributed by atoms with E-state index in [1.807, 2.05) is 31.4 Å². The van der Waals surface area contributed by atoms with Crippen molar-refractivity contribution in [3.63, 3.8) is 0 Å². The molecule has 2 aromatic rings. The first kappa shape index (κ1) is 18.5. The van der Waals surface area contributed by atoms with Gasteiger partial charge in [0, 0.05) is 45.0 Å². The molecule has 146 valence electrons. The third-order valence-electron chi connectivity index (χ3n) is 4.75. The van der Waals surface area contributed by atoms with Crippen molar-refractivity contribution in [1.82, 2.24) is 23.4 Å². The van der Waals surface area contributed by atoms with Crippen molar-refractivity contribution in [2.24, 2.45) is 7.05 Å². The van der Waals surface area contributed by atoms with Gasteiger partial charge in [-0.3, -0.25) is 4.68 Å². The summed E-state index contributed by atoms with van der Waals surface area (Å²) in [6, 6.07) is 5.68. The minimum Gasteiger partial charge on any atom is -0.379 e. The fourth-order valence-electron chi connectivity index (χ4n) is 3.30. The quantitative estimate of drug-likeness (QED) is 0.749. The molecule has 4 heterocycles. The zero-order valence-corrected chi connectivity index (χ0v) is 16.0. The lowest BCUT2D eigenvalue weighted by atomic mass is 10.1. The van der Waals surface area contributed by atoms with Gasteiger partial charge < -0.3 is 9.47 Å². The molecule has 0 N–H and O–H groups in total. The van der Waals surface area contributed by atoms with Crippen molar-refractivity contribution in [2.45, 2.75) is 6.10 Å². The van der Waals surface area contributed by atoms with Gasteiger partial charge in [0.2, 0.25) is 0 Å². The summed E-state index contributed by atoms with van der Waals surface area (Å²) in [7, 11) is -1.67. The fourth-order valence-corrected chi connectivity index (χ4v) is 4.87. The van der Waals surface area contributed by atoms with Crippen LogP contribution in [0.15, 0.2) is 30.6 Å². The lowest BCUT2D eigenvalue weighted by Crippen LogP contribution is -2.52. The third kappa shape index (κ3) is 3.90. The van der Waals surface area contributed by atoms with Crippen LogP contribution in [-0.2, 0) is 26.7 Å². The minimum atomic E-state index is -3.52. The zero-order chi connectivity index (χ0) is 18.9. The first-order valence-corrected chi connectivity index (χ1v) is 10.3. The Balaban J connectivity index is 1.53. The molecule has 0 saturated carbocycles. The van der Waals surface area contributed by atoms with Crippen LogP contribution < -0.4 is 0 Å². The number of pyridine rings is 1. The molecule has 0 aliphatic carbocycles. The number of hydrogen-bond donors (Lipinski definition) is 0. The molecule has 2 saturated heterocycles. The summed E-state index contributed by atoms with van der Waals surface area (Å²) in [6.07, 6.45) is 3.25. The Kier molecular flexibility index (Phi) is 5.24. The first-order valence-electron chi connectivity index (χ1n) is 8.94. The molecule has 0 amide bonds. The summed E-state index contributed by atoms with van der Waals surface area (Å²) >= 11 is 0. The maximum absolute atomic E-state index is 12.9. The molecular weight excluding hydrogens is 370 g/mol. The second-order valence-corrected chi connectivity index (χ2v) is 8.52. The average Bonchev–Trinajstić information content (AvgIpc) is 3.15. The van der Waals surface area contributed by atoms with Gasteiger partial charge in [-0.25, -0.2) is 4.98 Å². The van der Waals surface area contributed by atoms with E-state index in [-0.39, 0.29) is 6.54 Å². The number of aromatic nitrogens is 3. The van der Waals surface area contributed by atoms with Crippen LogP contribution in [0.1, 0.15) is 11.8 Å². The molecule has 2 aliphatic rings. The highest BCUT2D eigenvalue weighted by atomic mass is 32.2. The Bertz CT molecular complexity index is 894. The van der Waals surface area contributed by atoms with Crippen molar-refractivity contribution in [3.8, 4) is 11.3 Å². The van der Waals surface area contributed by atoms with E-state index in [4.69, 9.17) is 9.47 Å². The lowest BCUT2D eigenvalue weighted by molar-refractivity contribution is -0.00838. The number of ether oxygens (including phenoxy) is 2. The van der Waals surface area contributed by atoms with Gasteiger partial charge in [-0.15, -0.1) is 0 Å². The Morgan fingerprint density at radius 2 is 1.89 bits per heavy atom. The second-order valence-electron chi connectivity index (χ2n) is 6.59. The molecule has 1 atom stereocenters. The van der Waals surface area contributed by atoms with Gasteiger partial charge >= 0.3 is 0 Å². The smallest absolute Gasteiger partial charge is 0.282 e. The Labute approximate surface area is 158 Å². The molecular formula is C17H23N5O4S. The third-order valence-corrected chi connectivity index (χ3v) is 6.75. The van der Waals surface area contributed by atoms with Crippen molar-refractivity contribution in [2.75, 3.05) is 46.0 Å². The monoisotopic (exact) mass is 393 g/mol.